The van der Waals surface area contributed by atoms with Crippen molar-refractivity contribution in [1.29, 1.82) is 0 Å². The van der Waals surface area contributed by atoms with Crippen LogP contribution in [-0.4, -0.2) is 25.8 Å². The number of aromatic nitrogens is 3. The highest BCUT2D eigenvalue weighted by molar-refractivity contribution is 5.62. The van der Waals surface area contributed by atoms with E-state index in [0.29, 0.717) is 12.2 Å². The molecular formula is C12H15N5O3. The average Bonchev–Trinajstić information content (AvgIpc) is 2.71. The summed E-state index contributed by atoms with van der Waals surface area (Å²) in [6.45, 7) is 2.71. The van der Waals surface area contributed by atoms with Gasteiger partial charge in [0.1, 0.15) is 12.0 Å². The van der Waals surface area contributed by atoms with Crippen LogP contribution in [0.3, 0.4) is 0 Å². The van der Waals surface area contributed by atoms with E-state index in [-0.39, 0.29) is 17.9 Å². The molecule has 0 aliphatic rings. The summed E-state index contributed by atoms with van der Waals surface area (Å²) in [5, 5.41) is 17.8. The van der Waals surface area contributed by atoms with Gasteiger partial charge in [0.05, 0.1) is 11.5 Å². The number of hydrogen-bond acceptors (Lipinski definition) is 5. The molecule has 0 spiro atoms. The Morgan fingerprint density at radius 1 is 1.45 bits per heavy atom. The van der Waals surface area contributed by atoms with Crippen LogP contribution in [0.25, 0.3) is 0 Å². The molecule has 0 unspecified atom stereocenters. The van der Waals surface area contributed by atoms with Crippen LogP contribution < -0.4 is 11.0 Å². The second-order valence-corrected chi connectivity index (χ2v) is 4.32. The summed E-state index contributed by atoms with van der Waals surface area (Å²) in [4.78, 5) is 22.2. The molecule has 2 rings (SSSR count). The minimum absolute atomic E-state index is 0.0176. The highest BCUT2D eigenvalue weighted by Gasteiger charge is 2.14. The predicted molar refractivity (Wildman–Crippen MR) is 73.8 cm³/mol. The van der Waals surface area contributed by atoms with Gasteiger partial charge in [0.2, 0.25) is 0 Å². The van der Waals surface area contributed by atoms with E-state index in [1.807, 2.05) is 6.92 Å². The van der Waals surface area contributed by atoms with Gasteiger partial charge in [0.25, 0.3) is 5.69 Å². The molecule has 1 heterocycles. The molecule has 0 atom stereocenters. The van der Waals surface area contributed by atoms with E-state index in [9.17, 15) is 14.9 Å². The van der Waals surface area contributed by atoms with E-state index in [4.69, 9.17) is 0 Å². The van der Waals surface area contributed by atoms with E-state index in [0.717, 1.165) is 5.56 Å². The number of aryl methyl sites for hydroxylation is 1. The van der Waals surface area contributed by atoms with Gasteiger partial charge in [-0.1, -0.05) is 6.07 Å². The van der Waals surface area contributed by atoms with Gasteiger partial charge in [0, 0.05) is 19.7 Å². The van der Waals surface area contributed by atoms with E-state index in [1.165, 1.54) is 21.6 Å². The van der Waals surface area contributed by atoms with Crippen molar-refractivity contribution < 1.29 is 4.92 Å². The lowest BCUT2D eigenvalue weighted by molar-refractivity contribution is -0.384. The number of benzene rings is 1. The van der Waals surface area contributed by atoms with Gasteiger partial charge in [-0.2, -0.15) is 5.10 Å². The number of nitro groups is 1. The van der Waals surface area contributed by atoms with Gasteiger partial charge >= 0.3 is 5.69 Å². The summed E-state index contributed by atoms with van der Waals surface area (Å²) in [6.07, 6.45) is 1.43. The van der Waals surface area contributed by atoms with Crippen LogP contribution >= 0.6 is 0 Å². The fourth-order valence-corrected chi connectivity index (χ4v) is 1.87. The van der Waals surface area contributed by atoms with Crippen molar-refractivity contribution in [2.75, 3.05) is 11.9 Å². The van der Waals surface area contributed by atoms with Crippen LogP contribution in [-0.2, 0) is 13.6 Å². The van der Waals surface area contributed by atoms with Crippen molar-refractivity contribution in [2.45, 2.75) is 13.5 Å². The van der Waals surface area contributed by atoms with E-state index < -0.39 is 4.92 Å². The summed E-state index contributed by atoms with van der Waals surface area (Å²) in [7, 11) is 1.62. The number of hydrogen-bond donors (Lipinski definition) is 1. The first-order chi connectivity index (χ1) is 9.52. The fourth-order valence-electron chi connectivity index (χ4n) is 1.87. The molecule has 2 aromatic rings. The third-order valence-corrected chi connectivity index (χ3v) is 2.84. The molecule has 0 saturated heterocycles. The largest absolute Gasteiger partial charge is 0.380 e. The van der Waals surface area contributed by atoms with Crippen LogP contribution in [0.2, 0.25) is 0 Å². The number of nitrogens with zero attached hydrogens (tertiary/aromatic N) is 4. The van der Waals surface area contributed by atoms with E-state index in [1.54, 1.807) is 19.2 Å². The van der Waals surface area contributed by atoms with Crippen LogP contribution in [0.1, 0.15) is 12.5 Å². The first-order valence-electron chi connectivity index (χ1n) is 6.12. The van der Waals surface area contributed by atoms with Gasteiger partial charge in [-0.3, -0.25) is 14.7 Å². The number of nitrogens with one attached hydrogen (secondary N) is 1. The molecule has 0 bridgehead atoms. The first-order valence-corrected chi connectivity index (χ1v) is 6.12. The molecule has 0 fully saturated rings. The highest BCUT2D eigenvalue weighted by atomic mass is 16.6. The van der Waals surface area contributed by atoms with Crippen LogP contribution in [0.4, 0.5) is 11.4 Å². The summed E-state index contributed by atoms with van der Waals surface area (Å²) >= 11 is 0. The Kier molecular flexibility index (Phi) is 3.83. The minimum atomic E-state index is -0.436. The summed E-state index contributed by atoms with van der Waals surface area (Å²) in [5.74, 6) is 0. The molecular weight excluding hydrogens is 262 g/mol. The standard InChI is InChI=1S/C12H15N5O3/c1-3-13-10-6-9(4-5-11(10)17(19)20)7-16-12(18)15(2)8-14-16/h4-6,8,13H,3,7H2,1-2H3. The van der Waals surface area contributed by atoms with Crippen molar-refractivity contribution in [3.05, 3.63) is 50.7 Å². The predicted octanol–water partition coefficient (Wildman–Crippen LogP) is 0.970. The third kappa shape index (κ3) is 2.68. The van der Waals surface area contributed by atoms with E-state index in [2.05, 4.69) is 10.4 Å². The third-order valence-electron chi connectivity index (χ3n) is 2.84. The number of rotatable bonds is 5. The zero-order valence-electron chi connectivity index (χ0n) is 11.2. The molecule has 8 nitrogen and oxygen atoms in total. The Balaban J connectivity index is 2.33. The average molecular weight is 277 g/mol. The minimum Gasteiger partial charge on any atom is -0.380 e. The molecule has 1 N–H and O–H groups in total. The quantitative estimate of drug-likeness (QED) is 0.649. The van der Waals surface area contributed by atoms with E-state index >= 15 is 0 Å². The SMILES string of the molecule is CCNc1cc(Cn2ncn(C)c2=O)ccc1[N+](=O)[O-]. The normalized spacial score (nSPS) is 10.5. The molecule has 1 aromatic carbocycles. The van der Waals surface area contributed by atoms with Crippen molar-refractivity contribution >= 4 is 11.4 Å². The monoisotopic (exact) mass is 277 g/mol. The Labute approximate surface area is 114 Å². The van der Waals surface area contributed by atoms with Crippen LogP contribution in [0.5, 0.6) is 0 Å². The second kappa shape index (κ2) is 5.55. The maximum absolute atomic E-state index is 11.7. The topological polar surface area (TPSA) is 95.0 Å². The maximum atomic E-state index is 11.7. The molecule has 0 aliphatic carbocycles. The Morgan fingerprint density at radius 2 is 2.20 bits per heavy atom. The van der Waals surface area contributed by atoms with Crippen molar-refractivity contribution in [1.82, 2.24) is 14.3 Å². The lowest BCUT2D eigenvalue weighted by Crippen LogP contribution is -2.23. The molecule has 0 aliphatic heterocycles. The zero-order chi connectivity index (χ0) is 14.7. The molecule has 20 heavy (non-hydrogen) atoms. The molecule has 0 radical (unpaired) electrons. The van der Waals surface area contributed by atoms with Crippen molar-refractivity contribution in [2.24, 2.45) is 7.05 Å². The second-order valence-electron chi connectivity index (χ2n) is 4.32. The summed E-state index contributed by atoms with van der Waals surface area (Å²) in [6, 6.07) is 4.73. The lowest BCUT2D eigenvalue weighted by Gasteiger charge is -2.07. The van der Waals surface area contributed by atoms with Crippen molar-refractivity contribution in [3.63, 3.8) is 0 Å². The van der Waals surface area contributed by atoms with Crippen LogP contribution in [0.15, 0.2) is 29.3 Å². The first kappa shape index (κ1) is 13.8. The van der Waals surface area contributed by atoms with Gasteiger partial charge in [0.15, 0.2) is 0 Å². The van der Waals surface area contributed by atoms with Gasteiger partial charge in [-0.05, 0) is 18.6 Å². The zero-order valence-corrected chi connectivity index (χ0v) is 11.2. The smallest absolute Gasteiger partial charge is 0.345 e. The van der Waals surface area contributed by atoms with Crippen molar-refractivity contribution in [3.8, 4) is 0 Å². The molecule has 0 saturated carbocycles. The van der Waals surface area contributed by atoms with Gasteiger partial charge < -0.3 is 5.32 Å². The van der Waals surface area contributed by atoms with Gasteiger partial charge in [-0.15, -0.1) is 0 Å². The number of anilines is 1. The summed E-state index contributed by atoms with van der Waals surface area (Å²) in [5.41, 5.74) is 1.00. The highest BCUT2D eigenvalue weighted by Crippen LogP contribution is 2.25. The molecule has 8 heteroatoms. The Hall–Kier alpha value is -2.64. The Morgan fingerprint density at radius 3 is 2.75 bits per heavy atom. The molecule has 106 valence electrons. The fraction of sp³-hybridized carbons (Fsp3) is 0.333. The van der Waals surface area contributed by atoms with Crippen LogP contribution in [0, 0.1) is 10.1 Å². The van der Waals surface area contributed by atoms with Gasteiger partial charge in [-0.25, -0.2) is 9.48 Å². The lowest BCUT2D eigenvalue weighted by atomic mass is 10.1. The number of nitro benzene ring substituents is 1. The summed E-state index contributed by atoms with van der Waals surface area (Å²) < 4.78 is 2.67. The molecule has 0 amide bonds. The Bertz CT molecular complexity index is 689. The molecule has 1 aromatic heterocycles. The maximum Gasteiger partial charge on any atom is 0.345 e.